The number of hydrogen-bond donors (Lipinski definition) is 2. The zero-order valence-corrected chi connectivity index (χ0v) is 11.1. The minimum absolute atomic E-state index is 0.0379. The Morgan fingerprint density at radius 3 is 2.72 bits per heavy atom. The molecule has 2 N–H and O–H groups in total. The maximum absolute atomic E-state index is 12.0. The van der Waals surface area contributed by atoms with Gasteiger partial charge in [0.05, 0.1) is 6.54 Å². The van der Waals surface area contributed by atoms with E-state index in [4.69, 9.17) is 0 Å². The summed E-state index contributed by atoms with van der Waals surface area (Å²) in [5.41, 5.74) is 0. The highest BCUT2D eigenvalue weighted by atomic mass is 16.2. The van der Waals surface area contributed by atoms with Gasteiger partial charge in [0.2, 0.25) is 11.8 Å². The van der Waals surface area contributed by atoms with Crippen LogP contribution in [-0.4, -0.2) is 74.0 Å². The van der Waals surface area contributed by atoms with Gasteiger partial charge in [0.1, 0.15) is 6.04 Å². The minimum atomic E-state index is -0.223. The Bertz CT molecular complexity index is 328. The van der Waals surface area contributed by atoms with Crippen LogP contribution in [0.25, 0.3) is 0 Å². The molecule has 2 rings (SSSR count). The van der Waals surface area contributed by atoms with Crippen LogP contribution in [0.1, 0.15) is 12.8 Å². The molecule has 1 saturated carbocycles. The third-order valence-corrected chi connectivity index (χ3v) is 3.37. The zero-order valence-electron chi connectivity index (χ0n) is 11.1. The largest absolute Gasteiger partial charge is 0.352 e. The summed E-state index contributed by atoms with van der Waals surface area (Å²) in [7, 11) is 3.50. The topological polar surface area (TPSA) is 64.7 Å². The number of hydrogen-bond acceptors (Lipinski definition) is 4. The second kappa shape index (κ2) is 5.67. The fraction of sp³-hybridized carbons (Fsp3) is 0.833. The van der Waals surface area contributed by atoms with Crippen molar-refractivity contribution in [1.82, 2.24) is 20.4 Å². The molecule has 6 nitrogen and oxygen atoms in total. The highest BCUT2D eigenvalue weighted by Crippen LogP contribution is 2.18. The van der Waals surface area contributed by atoms with Crippen LogP contribution in [0.2, 0.25) is 0 Å². The van der Waals surface area contributed by atoms with Crippen molar-refractivity contribution in [3.8, 4) is 0 Å². The van der Waals surface area contributed by atoms with Gasteiger partial charge >= 0.3 is 0 Å². The molecule has 1 aliphatic carbocycles. The van der Waals surface area contributed by atoms with Crippen LogP contribution in [0.3, 0.4) is 0 Å². The fourth-order valence-electron chi connectivity index (χ4n) is 2.16. The number of carbonyl (C=O) groups is 2. The van der Waals surface area contributed by atoms with E-state index in [1.807, 2.05) is 4.90 Å². The molecule has 0 spiro atoms. The van der Waals surface area contributed by atoms with Gasteiger partial charge in [0.15, 0.2) is 0 Å². The third-order valence-electron chi connectivity index (χ3n) is 3.37. The quantitative estimate of drug-likeness (QED) is 0.649. The SMILES string of the molecule is CN(C)C(=O)C1CNCCN1CC(=O)NC1CC1. The van der Waals surface area contributed by atoms with Crippen LogP contribution < -0.4 is 10.6 Å². The molecular weight excluding hydrogens is 232 g/mol. The van der Waals surface area contributed by atoms with Crippen LogP contribution in [0, 0.1) is 0 Å². The number of nitrogens with one attached hydrogen (secondary N) is 2. The number of likely N-dealkylation sites (N-methyl/N-ethyl adjacent to an activating group) is 1. The Morgan fingerprint density at radius 1 is 1.39 bits per heavy atom. The standard InChI is InChI=1S/C12H22N4O2/c1-15(2)12(18)10-7-13-5-6-16(10)8-11(17)14-9-3-4-9/h9-10,13H,3-8H2,1-2H3,(H,14,17). The summed E-state index contributed by atoms with van der Waals surface area (Å²) in [6, 6.07) is 0.155. The first-order valence-electron chi connectivity index (χ1n) is 6.53. The van der Waals surface area contributed by atoms with Crippen LogP contribution >= 0.6 is 0 Å². The van der Waals surface area contributed by atoms with Crippen LogP contribution in [0.15, 0.2) is 0 Å². The summed E-state index contributed by atoms with van der Waals surface area (Å²) in [5, 5.41) is 6.17. The van der Waals surface area contributed by atoms with Crippen molar-refractivity contribution in [1.29, 1.82) is 0 Å². The van der Waals surface area contributed by atoms with Crippen molar-refractivity contribution < 1.29 is 9.59 Å². The van der Waals surface area contributed by atoms with Gasteiger partial charge in [-0.2, -0.15) is 0 Å². The molecule has 2 aliphatic rings. The molecule has 1 aliphatic heterocycles. The number of carbonyl (C=O) groups excluding carboxylic acids is 2. The zero-order chi connectivity index (χ0) is 13.1. The lowest BCUT2D eigenvalue weighted by Gasteiger charge is -2.35. The highest BCUT2D eigenvalue weighted by molar-refractivity contribution is 5.84. The van der Waals surface area contributed by atoms with Gasteiger partial charge in [0.25, 0.3) is 0 Å². The van der Waals surface area contributed by atoms with Gasteiger partial charge < -0.3 is 15.5 Å². The molecule has 18 heavy (non-hydrogen) atoms. The third kappa shape index (κ3) is 3.43. The van der Waals surface area contributed by atoms with E-state index in [1.54, 1.807) is 19.0 Å². The molecule has 0 aromatic heterocycles. The van der Waals surface area contributed by atoms with Crippen LogP contribution in [0.4, 0.5) is 0 Å². The molecule has 0 aromatic carbocycles. The Balaban J connectivity index is 1.89. The molecule has 0 radical (unpaired) electrons. The lowest BCUT2D eigenvalue weighted by molar-refractivity contribution is -0.136. The van der Waals surface area contributed by atoms with E-state index < -0.39 is 0 Å². The summed E-state index contributed by atoms with van der Waals surface area (Å²) in [6.45, 7) is 2.51. The molecular formula is C12H22N4O2. The normalized spacial score (nSPS) is 24.7. The smallest absolute Gasteiger partial charge is 0.240 e. The predicted octanol–water partition coefficient (Wildman–Crippen LogP) is -1.37. The van der Waals surface area contributed by atoms with Crippen molar-refractivity contribution >= 4 is 11.8 Å². The summed E-state index contributed by atoms with van der Waals surface area (Å²) >= 11 is 0. The number of piperazine rings is 1. The van der Waals surface area contributed by atoms with E-state index in [2.05, 4.69) is 10.6 Å². The van der Waals surface area contributed by atoms with Crippen LogP contribution in [0.5, 0.6) is 0 Å². The summed E-state index contributed by atoms with van der Waals surface area (Å²) in [4.78, 5) is 27.4. The Morgan fingerprint density at radius 2 is 2.11 bits per heavy atom. The molecule has 0 bridgehead atoms. The molecule has 1 heterocycles. The highest BCUT2D eigenvalue weighted by Gasteiger charge is 2.32. The fourth-order valence-corrected chi connectivity index (χ4v) is 2.16. The average Bonchev–Trinajstić information content (AvgIpc) is 3.12. The Labute approximate surface area is 108 Å². The van der Waals surface area contributed by atoms with Gasteiger partial charge in [-0.15, -0.1) is 0 Å². The second-order valence-electron chi connectivity index (χ2n) is 5.26. The van der Waals surface area contributed by atoms with Crippen molar-refractivity contribution in [3.05, 3.63) is 0 Å². The van der Waals surface area contributed by atoms with E-state index in [0.717, 1.165) is 25.9 Å². The molecule has 102 valence electrons. The van der Waals surface area contributed by atoms with E-state index in [-0.39, 0.29) is 17.9 Å². The Kier molecular flexibility index (Phi) is 4.19. The maximum atomic E-state index is 12.0. The van der Waals surface area contributed by atoms with Gasteiger partial charge in [0, 0.05) is 39.8 Å². The minimum Gasteiger partial charge on any atom is -0.352 e. The second-order valence-corrected chi connectivity index (χ2v) is 5.26. The predicted molar refractivity (Wildman–Crippen MR) is 68.1 cm³/mol. The van der Waals surface area contributed by atoms with Crippen molar-refractivity contribution in [2.75, 3.05) is 40.3 Å². The van der Waals surface area contributed by atoms with Gasteiger partial charge in [-0.05, 0) is 12.8 Å². The molecule has 2 amide bonds. The van der Waals surface area contributed by atoms with Crippen molar-refractivity contribution in [2.24, 2.45) is 0 Å². The first kappa shape index (κ1) is 13.3. The Hall–Kier alpha value is -1.14. The molecule has 6 heteroatoms. The van der Waals surface area contributed by atoms with Crippen molar-refractivity contribution in [3.63, 3.8) is 0 Å². The first-order chi connectivity index (χ1) is 8.58. The van der Waals surface area contributed by atoms with Crippen molar-refractivity contribution in [2.45, 2.75) is 24.9 Å². The lowest BCUT2D eigenvalue weighted by Crippen LogP contribution is -2.59. The van der Waals surface area contributed by atoms with Crippen LogP contribution in [-0.2, 0) is 9.59 Å². The maximum Gasteiger partial charge on any atom is 0.240 e. The van der Waals surface area contributed by atoms with Gasteiger partial charge in [-0.25, -0.2) is 0 Å². The number of rotatable bonds is 4. The van der Waals surface area contributed by atoms with Gasteiger partial charge in [-0.1, -0.05) is 0 Å². The average molecular weight is 254 g/mol. The first-order valence-corrected chi connectivity index (χ1v) is 6.53. The molecule has 2 fully saturated rings. The van der Waals surface area contributed by atoms with E-state index in [9.17, 15) is 9.59 Å². The number of amides is 2. The van der Waals surface area contributed by atoms with E-state index >= 15 is 0 Å². The lowest BCUT2D eigenvalue weighted by atomic mass is 10.1. The molecule has 1 saturated heterocycles. The molecule has 1 atom stereocenters. The van der Waals surface area contributed by atoms with E-state index in [0.29, 0.717) is 19.1 Å². The van der Waals surface area contributed by atoms with Gasteiger partial charge in [-0.3, -0.25) is 14.5 Å². The number of nitrogens with zero attached hydrogens (tertiary/aromatic N) is 2. The monoisotopic (exact) mass is 254 g/mol. The summed E-state index contributed by atoms with van der Waals surface area (Å²) < 4.78 is 0. The van der Waals surface area contributed by atoms with E-state index in [1.165, 1.54) is 0 Å². The summed E-state index contributed by atoms with van der Waals surface area (Å²) in [6.07, 6.45) is 2.18. The summed E-state index contributed by atoms with van der Waals surface area (Å²) in [5.74, 6) is 0.0948. The molecule has 0 aromatic rings. The molecule has 1 unspecified atom stereocenters.